The normalized spacial score (nSPS) is 17.3. The second kappa shape index (κ2) is 7.99. The van der Waals surface area contributed by atoms with Crippen molar-refractivity contribution in [3.8, 4) is 11.4 Å². The SMILES string of the molecule is CCc1ccc(-n2ccc([C@@H]3OCCN3Cc3ccc(OC)cc3)c2)cc1. The van der Waals surface area contributed by atoms with E-state index in [0.717, 1.165) is 31.9 Å². The zero-order valence-electron chi connectivity index (χ0n) is 16.0. The van der Waals surface area contributed by atoms with Crippen LogP contribution in [0.3, 0.4) is 0 Å². The van der Waals surface area contributed by atoms with Gasteiger partial charge in [-0.2, -0.15) is 0 Å². The van der Waals surface area contributed by atoms with E-state index in [1.807, 2.05) is 12.1 Å². The molecule has 0 aliphatic carbocycles. The molecule has 4 nitrogen and oxygen atoms in total. The molecule has 1 aliphatic heterocycles. The molecule has 3 aromatic rings. The predicted octanol–water partition coefficient (Wildman–Crippen LogP) is 4.58. The van der Waals surface area contributed by atoms with Gasteiger partial charge in [-0.25, -0.2) is 0 Å². The van der Waals surface area contributed by atoms with Gasteiger partial charge in [-0.1, -0.05) is 31.2 Å². The van der Waals surface area contributed by atoms with Crippen molar-refractivity contribution in [2.75, 3.05) is 20.3 Å². The van der Waals surface area contributed by atoms with Crippen LogP contribution in [0.2, 0.25) is 0 Å². The molecule has 2 aromatic carbocycles. The lowest BCUT2D eigenvalue weighted by Crippen LogP contribution is -2.23. The molecule has 0 unspecified atom stereocenters. The molecular weight excluding hydrogens is 336 g/mol. The van der Waals surface area contributed by atoms with Crippen molar-refractivity contribution in [2.24, 2.45) is 0 Å². The fourth-order valence-corrected chi connectivity index (χ4v) is 3.56. The average Bonchev–Trinajstić information content (AvgIpc) is 3.38. The Bertz CT molecular complexity index is 868. The summed E-state index contributed by atoms with van der Waals surface area (Å²) in [5.74, 6) is 0.888. The third-order valence-corrected chi connectivity index (χ3v) is 5.17. The van der Waals surface area contributed by atoms with E-state index < -0.39 is 0 Å². The van der Waals surface area contributed by atoms with Gasteiger partial charge in [-0.05, 0) is 47.9 Å². The first-order chi connectivity index (χ1) is 13.3. The van der Waals surface area contributed by atoms with Gasteiger partial charge in [0.1, 0.15) is 12.0 Å². The number of hydrogen-bond donors (Lipinski definition) is 0. The molecular formula is C23H26N2O2. The van der Waals surface area contributed by atoms with Gasteiger partial charge < -0.3 is 14.0 Å². The van der Waals surface area contributed by atoms with Gasteiger partial charge in [0, 0.05) is 36.7 Å². The molecule has 0 N–H and O–H groups in total. The molecule has 2 heterocycles. The molecule has 140 valence electrons. The van der Waals surface area contributed by atoms with Crippen LogP contribution < -0.4 is 4.74 Å². The van der Waals surface area contributed by atoms with Crippen LogP contribution in [0.5, 0.6) is 5.75 Å². The zero-order chi connectivity index (χ0) is 18.6. The van der Waals surface area contributed by atoms with Crippen LogP contribution in [0.25, 0.3) is 5.69 Å². The Balaban J connectivity index is 1.49. The highest BCUT2D eigenvalue weighted by Crippen LogP contribution is 2.29. The van der Waals surface area contributed by atoms with Crippen molar-refractivity contribution >= 4 is 0 Å². The first kappa shape index (κ1) is 17.8. The third-order valence-electron chi connectivity index (χ3n) is 5.17. The van der Waals surface area contributed by atoms with Crippen LogP contribution in [0, 0.1) is 0 Å². The molecule has 0 bridgehead atoms. The fraction of sp³-hybridized carbons (Fsp3) is 0.304. The number of ether oxygens (including phenoxy) is 2. The summed E-state index contributed by atoms with van der Waals surface area (Å²) in [7, 11) is 1.69. The minimum Gasteiger partial charge on any atom is -0.497 e. The maximum absolute atomic E-state index is 6.04. The minimum absolute atomic E-state index is 0.00302. The number of aryl methyl sites for hydroxylation is 1. The monoisotopic (exact) mass is 362 g/mol. The Kier molecular flexibility index (Phi) is 5.28. The summed E-state index contributed by atoms with van der Waals surface area (Å²) in [6.45, 7) is 4.74. The van der Waals surface area contributed by atoms with Gasteiger partial charge in [0.2, 0.25) is 0 Å². The number of rotatable bonds is 6. The van der Waals surface area contributed by atoms with E-state index in [0.29, 0.717) is 0 Å². The summed E-state index contributed by atoms with van der Waals surface area (Å²) in [5.41, 5.74) is 5.00. The summed E-state index contributed by atoms with van der Waals surface area (Å²) in [6.07, 6.45) is 5.36. The predicted molar refractivity (Wildman–Crippen MR) is 107 cm³/mol. The molecule has 1 fully saturated rings. The maximum atomic E-state index is 6.04. The Morgan fingerprint density at radius 3 is 2.44 bits per heavy atom. The molecule has 1 aliphatic rings. The quantitative estimate of drug-likeness (QED) is 0.642. The van der Waals surface area contributed by atoms with Gasteiger partial charge in [0.15, 0.2) is 0 Å². The van der Waals surface area contributed by atoms with E-state index in [1.165, 1.54) is 22.4 Å². The molecule has 4 rings (SSSR count). The van der Waals surface area contributed by atoms with E-state index in [1.54, 1.807) is 7.11 Å². The molecule has 1 aromatic heterocycles. The van der Waals surface area contributed by atoms with Crippen LogP contribution in [0.15, 0.2) is 67.0 Å². The van der Waals surface area contributed by atoms with Gasteiger partial charge in [-0.15, -0.1) is 0 Å². The van der Waals surface area contributed by atoms with E-state index in [9.17, 15) is 0 Å². The Morgan fingerprint density at radius 2 is 1.74 bits per heavy atom. The van der Waals surface area contributed by atoms with E-state index in [2.05, 4.69) is 71.2 Å². The van der Waals surface area contributed by atoms with Crippen molar-refractivity contribution in [2.45, 2.75) is 26.1 Å². The molecule has 0 amide bonds. The van der Waals surface area contributed by atoms with E-state index >= 15 is 0 Å². The van der Waals surface area contributed by atoms with Crippen molar-refractivity contribution in [1.82, 2.24) is 9.47 Å². The van der Waals surface area contributed by atoms with Crippen LogP contribution in [-0.2, 0) is 17.7 Å². The second-order valence-corrected chi connectivity index (χ2v) is 6.91. The molecule has 1 saturated heterocycles. The van der Waals surface area contributed by atoms with Crippen LogP contribution in [0.4, 0.5) is 0 Å². The number of aromatic nitrogens is 1. The Hall–Kier alpha value is -2.56. The first-order valence-corrected chi connectivity index (χ1v) is 9.52. The van der Waals surface area contributed by atoms with E-state index in [4.69, 9.17) is 9.47 Å². The second-order valence-electron chi connectivity index (χ2n) is 6.91. The number of nitrogens with zero attached hydrogens (tertiary/aromatic N) is 2. The zero-order valence-corrected chi connectivity index (χ0v) is 16.0. The summed E-state index contributed by atoms with van der Waals surface area (Å²) < 4.78 is 13.5. The summed E-state index contributed by atoms with van der Waals surface area (Å²) in [4.78, 5) is 2.38. The molecule has 0 saturated carbocycles. The molecule has 1 atom stereocenters. The standard InChI is InChI=1S/C23H26N2O2/c1-3-18-4-8-21(9-5-18)24-13-12-20(17-24)23-25(14-15-27-23)16-19-6-10-22(26-2)11-7-19/h4-13,17,23H,3,14-16H2,1-2H3/t23-/m0/s1. The lowest BCUT2D eigenvalue weighted by Gasteiger charge is -2.22. The average molecular weight is 362 g/mol. The van der Waals surface area contributed by atoms with Gasteiger partial charge in [-0.3, -0.25) is 4.90 Å². The Labute approximate surface area is 161 Å². The molecule has 0 spiro atoms. The highest BCUT2D eigenvalue weighted by Gasteiger charge is 2.27. The highest BCUT2D eigenvalue weighted by molar-refractivity contribution is 5.37. The van der Waals surface area contributed by atoms with E-state index in [-0.39, 0.29) is 6.23 Å². The smallest absolute Gasteiger partial charge is 0.138 e. The first-order valence-electron chi connectivity index (χ1n) is 9.52. The van der Waals surface area contributed by atoms with Crippen LogP contribution >= 0.6 is 0 Å². The van der Waals surface area contributed by atoms with Crippen molar-refractivity contribution in [1.29, 1.82) is 0 Å². The number of hydrogen-bond acceptors (Lipinski definition) is 3. The lowest BCUT2D eigenvalue weighted by molar-refractivity contribution is 0.0288. The van der Waals surface area contributed by atoms with Crippen LogP contribution in [0.1, 0.15) is 29.8 Å². The maximum Gasteiger partial charge on any atom is 0.138 e. The summed E-state index contributed by atoms with van der Waals surface area (Å²) in [5, 5.41) is 0. The number of methoxy groups -OCH3 is 1. The van der Waals surface area contributed by atoms with Gasteiger partial charge in [0.05, 0.1) is 13.7 Å². The van der Waals surface area contributed by atoms with Crippen molar-refractivity contribution in [3.63, 3.8) is 0 Å². The highest BCUT2D eigenvalue weighted by atomic mass is 16.5. The van der Waals surface area contributed by atoms with Crippen molar-refractivity contribution < 1.29 is 9.47 Å². The third kappa shape index (κ3) is 3.92. The minimum atomic E-state index is 0.00302. The van der Waals surface area contributed by atoms with Gasteiger partial charge in [0.25, 0.3) is 0 Å². The molecule has 0 radical (unpaired) electrons. The molecule has 4 heteroatoms. The topological polar surface area (TPSA) is 26.6 Å². The largest absolute Gasteiger partial charge is 0.497 e. The number of benzene rings is 2. The lowest BCUT2D eigenvalue weighted by atomic mass is 10.1. The summed E-state index contributed by atoms with van der Waals surface area (Å²) in [6, 6.07) is 19.2. The van der Waals surface area contributed by atoms with Crippen molar-refractivity contribution in [3.05, 3.63) is 83.7 Å². The van der Waals surface area contributed by atoms with Gasteiger partial charge >= 0.3 is 0 Å². The molecule has 27 heavy (non-hydrogen) atoms. The Morgan fingerprint density at radius 1 is 1.00 bits per heavy atom. The van der Waals surface area contributed by atoms with Crippen LogP contribution in [-0.4, -0.2) is 29.7 Å². The summed E-state index contributed by atoms with van der Waals surface area (Å²) >= 11 is 0. The fourth-order valence-electron chi connectivity index (χ4n) is 3.56.